The Kier molecular flexibility index (Phi) is 17.2. The second-order valence-electron chi connectivity index (χ2n) is 31.1. The Labute approximate surface area is 446 Å². The van der Waals surface area contributed by atoms with Gasteiger partial charge in [-0.3, -0.25) is 9.80 Å². The van der Waals surface area contributed by atoms with Crippen LogP contribution in [0.15, 0.2) is 0 Å². The summed E-state index contributed by atoms with van der Waals surface area (Å²) in [5.74, 6) is 17.2. The maximum atomic E-state index is 3.51. The van der Waals surface area contributed by atoms with Gasteiger partial charge in [0, 0.05) is 36.3 Å². The quantitative estimate of drug-likeness (QED) is 0.204. The van der Waals surface area contributed by atoms with Gasteiger partial charge in [-0.05, 0) is 217 Å². The zero-order chi connectivity index (χ0) is 47.8. The van der Waals surface area contributed by atoms with Crippen LogP contribution < -0.4 is 0 Å². The van der Waals surface area contributed by atoms with Crippen molar-refractivity contribution in [2.75, 3.05) is 0 Å². The van der Waals surface area contributed by atoms with E-state index in [4.69, 9.17) is 0 Å². The zero-order valence-corrected chi connectivity index (χ0v) is 47.5. The molecule has 13 aliphatic carbocycles. The van der Waals surface area contributed by atoms with Gasteiger partial charge < -0.3 is 0 Å². The van der Waals surface area contributed by atoms with Crippen LogP contribution in [0.5, 0.6) is 0 Å². The molecule has 0 spiro atoms. The van der Waals surface area contributed by atoms with Crippen molar-refractivity contribution in [2.24, 2.45) is 94.7 Å². The molecule has 12 unspecified atom stereocenters. The van der Waals surface area contributed by atoms with Crippen molar-refractivity contribution in [3.05, 3.63) is 0 Å². The van der Waals surface area contributed by atoms with E-state index in [1.54, 1.807) is 283 Å². The van der Waals surface area contributed by atoms with E-state index in [1.165, 1.54) is 25.7 Å². The lowest BCUT2D eigenvalue weighted by Crippen LogP contribution is -2.61. The highest BCUT2D eigenvalue weighted by molar-refractivity contribution is 5.08. The molecule has 72 heavy (non-hydrogen) atoms. The average molecular weight is 988 g/mol. The molecule has 13 aliphatic rings. The summed E-state index contributed by atoms with van der Waals surface area (Å²) in [7, 11) is 0. The fourth-order valence-electron chi connectivity index (χ4n) is 24.7. The third kappa shape index (κ3) is 11.2. The van der Waals surface area contributed by atoms with Crippen molar-refractivity contribution in [3.8, 4) is 0 Å². The first-order valence-corrected chi connectivity index (χ1v) is 35.2. The number of rotatable bonds is 11. The van der Waals surface area contributed by atoms with E-state index in [0.717, 1.165) is 131 Å². The molecule has 0 radical (unpaired) electrons. The van der Waals surface area contributed by atoms with Gasteiger partial charge in [-0.25, -0.2) is 0 Å². The van der Waals surface area contributed by atoms with Crippen molar-refractivity contribution >= 4 is 0 Å². The van der Waals surface area contributed by atoms with Gasteiger partial charge in [0.25, 0.3) is 0 Å². The third-order valence-electron chi connectivity index (χ3n) is 27.8. The van der Waals surface area contributed by atoms with Crippen LogP contribution >= 0.6 is 0 Å². The van der Waals surface area contributed by atoms with Crippen molar-refractivity contribution in [1.82, 2.24) is 9.80 Å². The Morgan fingerprint density at radius 1 is 0.139 bits per heavy atom. The van der Waals surface area contributed by atoms with Gasteiger partial charge in [-0.2, -0.15) is 0 Å². The van der Waals surface area contributed by atoms with Crippen LogP contribution in [0.3, 0.4) is 0 Å². The minimum atomic E-state index is 0.916. The fraction of sp³-hybridized carbons (Fsp3) is 1.00. The highest BCUT2D eigenvalue weighted by Gasteiger charge is 2.57. The van der Waals surface area contributed by atoms with Gasteiger partial charge in [0.2, 0.25) is 0 Å². The predicted octanol–water partition coefficient (Wildman–Crippen LogP) is 19.6. The summed E-state index contributed by atoms with van der Waals surface area (Å²) in [4.78, 5) is 7.02. The van der Waals surface area contributed by atoms with Gasteiger partial charge in [-0.1, -0.05) is 186 Å². The molecular weight excluding hydrogens is 869 g/mol. The maximum absolute atomic E-state index is 3.51. The monoisotopic (exact) mass is 987 g/mol. The summed E-state index contributed by atoms with van der Waals surface area (Å²) >= 11 is 0. The van der Waals surface area contributed by atoms with Crippen molar-refractivity contribution in [2.45, 2.75) is 344 Å². The molecule has 12 atom stereocenters. The summed E-state index contributed by atoms with van der Waals surface area (Å²) in [6.45, 7) is 0. The topological polar surface area (TPSA) is 6.48 Å². The van der Waals surface area contributed by atoms with Crippen LogP contribution in [-0.2, 0) is 0 Å². The molecule has 0 heterocycles. The highest BCUT2D eigenvalue weighted by Crippen LogP contribution is 2.62. The Morgan fingerprint density at radius 2 is 0.375 bits per heavy atom. The van der Waals surface area contributed by atoms with E-state index in [0.29, 0.717) is 0 Å². The Hall–Kier alpha value is -0.0800. The molecule has 0 aliphatic heterocycles. The van der Waals surface area contributed by atoms with E-state index in [-0.39, 0.29) is 0 Å². The Bertz CT molecular complexity index is 1570. The molecule has 13 fully saturated rings. The fourth-order valence-corrected chi connectivity index (χ4v) is 24.7. The molecule has 0 aromatic rings. The van der Waals surface area contributed by atoms with Crippen LogP contribution in [0, 0.1) is 94.7 Å². The maximum Gasteiger partial charge on any atom is 0.0107 e. The van der Waals surface area contributed by atoms with Gasteiger partial charge in [0.15, 0.2) is 0 Å². The zero-order valence-electron chi connectivity index (χ0n) is 47.5. The molecule has 13 rings (SSSR count). The van der Waals surface area contributed by atoms with Crippen molar-refractivity contribution in [3.63, 3.8) is 0 Å². The molecular formula is C70H118N2. The average Bonchev–Trinajstić information content (AvgIpc) is 3.46. The molecule has 0 N–H and O–H groups in total. The SMILES string of the molecule is C1CCC(C2CCCC(C3CCC(N(C4CCCC(C5CCCCC5)C4)C4CC5CCC6CC(N(C7CCCC(C8CCCCC8)C7)C7CCCC(C8CCCCC8)C7)CC7CCC(C4)C5C67)CC3)C2)CC1. The number of hydrogen-bond donors (Lipinski definition) is 0. The number of hydrogen-bond acceptors (Lipinski definition) is 2. The molecule has 0 saturated heterocycles. The van der Waals surface area contributed by atoms with Gasteiger partial charge >= 0.3 is 0 Å². The van der Waals surface area contributed by atoms with E-state index in [9.17, 15) is 0 Å². The van der Waals surface area contributed by atoms with Crippen LogP contribution in [0.1, 0.15) is 308 Å². The first kappa shape index (κ1) is 51.4. The van der Waals surface area contributed by atoms with Crippen LogP contribution in [0.4, 0.5) is 0 Å². The molecule has 0 bridgehead atoms. The molecule has 2 heteroatoms. The van der Waals surface area contributed by atoms with Gasteiger partial charge in [-0.15, -0.1) is 0 Å². The Morgan fingerprint density at radius 3 is 0.708 bits per heavy atom. The second kappa shape index (κ2) is 24.1. The van der Waals surface area contributed by atoms with Crippen LogP contribution in [-0.4, -0.2) is 46.1 Å². The van der Waals surface area contributed by atoms with E-state index >= 15 is 0 Å². The first-order chi connectivity index (χ1) is 35.7. The molecule has 0 amide bonds. The van der Waals surface area contributed by atoms with Crippen LogP contribution in [0.2, 0.25) is 0 Å². The smallest absolute Gasteiger partial charge is 0.0107 e. The molecule has 0 aromatic carbocycles. The number of nitrogens with zero attached hydrogens (tertiary/aromatic N) is 2. The standard InChI is InChI=1S/C70H118N2/c1-5-17-49(18-6-1)54-25-13-26-55(41-54)53-37-39-63(40-38-53)71(64-30-14-27-56(42-64)50-19-7-2-8-20-50)67-45-59-33-35-61-47-68(48-62-36-34-60(46-67)69(59)70(61)62)72(65-31-15-28-57(43-65)51-21-9-3-10-22-51)66-32-16-29-58(44-66)52-23-11-4-12-24-52/h49-70H,1-48H2. The molecule has 2 nitrogen and oxygen atoms in total. The Balaban J connectivity index is 0.710. The molecule has 0 aromatic heterocycles. The predicted molar refractivity (Wildman–Crippen MR) is 304 cm³/mol. The summed E-state index contributed by atoms with van der Waals surface area (Å²) in [6.07, 6.45) is 75.6. The summed E-state index contributed by atoms with van der Waals surface area (Å²) < 4.78 is 0. The minimum Gasteiger partial charge on any atom is -0.294 e. The lowest BCUT2D eigenvalue weighted by Gasteiger charge is -2.63. The van der Waals surface area contributed by atoms with Crippen molar-refractivity contribution < 1.29 is 0 Å². The van der Waals surface area contributed by atoms with Crippen molar-refractivity contribution in [1.29, 1.82) is 0 Å². The minimum absolute atomic E-state index is 0.916. The summed E-state index contributed by atoms with van der Waals surface area (Å²) in [5, 5.41) is 0. The first-order valence-electron chi connectivity index (χ1n) is 35.2. The normalized spacial score (nSPS) is 46.8. The summed E-state index contributed by atoms with van der Waals surface area (Å²) in [5.41, 5.74) is 0. The molecule has 13 saturated carbocycles. The van der Waals surface area contributed by atoms with E-state index in [2.05, 4.69) is 9.80 Å². The van der Waals surface area contributed by atoms with Gasteiger partial charge in [0.05, 0.1) is 0 Å². The third-order valence-corrected chi connectivity index (χ3v) is 27.8. The van der Waals surface area contributed by atoms with Crippen LogP contribution in [0.25, 0.3) is 0 Å². The van der Waals surface area contributed by atoms with E-state index < -0.39 is 0 Å². The van der Waals surface area contributed by atoms with Gasteiger partial charge in [0.1, 0.15) is 0 Å². The lowest BCUT2D eigenvalue weighted by molar-refractivity contribution is -0.130. The largest absolute Gasteiger partial charge is 0.294 e. The highest BCUT2D eigenvalue weighted by atomic mass is 15.2. The second-order valence-corrected chi connectivity index (χ2v) is 31.1. The van der Waals surface area contributed by atoms with E-state index in [1.807, 2.05) is 0 Å². The summed E-state index contributed by atoms with van der Waals surface area (Å²) in [6, 6.07) is 5.52. The molecule has 408 valence electrons. The lowest BCUT2D eigenvalue weighted by atomic mass is 9.47.